The molecule has 2 heterocycles. The number of amides is 1. The van der Waals surface area contributed by atoms with Gasteiger partial charge in [0, 0.05) is 17.3 Å². The highest BCUT2D eigenvalue weighted by Crippen LogP contribution is 2.22. The van der Waals surface area contributed by atoms with Crippen molar-refractivity contribution in [1.29, 1.82) is 0 Å². The van der Waals surface area contributed by atoms with Crippen molar-refractivity contribution in [1.82, 2.24) is 9.97 Å². The molecule has 1 aromatic carbocycles. The number of halogens is 1. The molecular formula is C15H11BrN4O. The van der Waals surface area contributed by atoms with Crippen LogP contribution in [0.5, 0.6) is 0 Å². The predicted molar refractivity (Wildman–Crippen MR) is 86.0 cm³/mol. The molecule has 0 unspecified atom stereocenters. The first-order chi connectivity index (χ1) is 10.1. The van der Waals surface area contributed by atoms with E-state index >= 15 is 0 Å². The number of carbonyl (C=O) groups is 1. The summed E-state index contributed by atoms with van der Waals surface area (Å²) in [4.78, 5) is 20.7. The fourth-order valence-electron chi connectivity index (χ4n) is 1.98. The van der Waals surface area contributed by atoms with Gasteiger partial charge >= 0.3 is 0 Å². The van der Waals surface area contributed by atoms with Crippen molar-refractivity contribution < 1.29 is 4.79 Å². The van der Waals surface area contributed by atoms with Crippen molar-refractivity contribution in [3.05, 3.63) is 59.0 Å². The standard InChI is InChI=1S/C15H11BrN4O/c16-14-12(6-3-7-18-14)20-15(21)13-8-10(17)9-4-1-2-5-11(9)19-13/h1-8H,(H2,17,19)(H,20,21). The normalized spacial score (nSPS) is 10.5. The number of nitrogens with two attached hydrogens (primary N) is 1. The van der Waals surface area contributed by atoms with Crippen LogP contribution in [0.25, 0.3) is 10.9 Å². The van der Waals surface area contributed by atoms with Gasteiger partial charge in [-0.05, 0) is 40.2 Å². The first-order valence-electron chi connectivity index (χ1n) is 6.22. The Labute approximate surface area is 129 Å². The van der Waals surface area contributed by atoms with Gasteiger partial charge < -0.3 is 11.1 Å². The number of fused-ring (bicyclic) bond motifs is 1. The van der Waals surface area contributed by atoms with E-state index in [2.05, 4.69) is 31.2 Å². The van der Waals surface area contributed by atoms with Gasteiger partial charge in [-0.2, -0.15) is 0 Å². The summed E-state index contributed by atoms with van der Waals surface area (Å²) in [6, 6.07) is 12.5. The van der Waals surface area contributed by atoms with Gasteiger partial charge in [-0.15, -0.1) is 0 Å². The number of benzene rings is 1. The van der Waals surface area contributed by atoms with E-state index in [1.54, 1.807) is 24.4 Å². The summed E-state index contributed by atoms with van der Waals surface area (Å²) in [5.74, 6) is -0.332. The van der Waals surface area contributed by atoms with Crippen molar-refractivity contribution in [2.75, 3.05) is 11.1 Å². The molecule has 0 spiro atoms. The van der Waals surface area contributed by atoms with Crippen LogP contribution in [-0.2, 0) is 0 Å². The zero-order chi connectivity index (χ0) is 14.8. The molecule has 6 heteroatoms. The summed E-state index contributed by atoms with van der Waals surface area (Å²) in [6.45, 7) is 0. The topological polar surface area (TPSA) is 80.9 Å². The maximum atomic E-state index is 12.3. The second-order valence-electron chi connectivity index (χ2n) is 4.41. The molecule has 2 aromatic heterocycles. The zero-order valence-corrected chi connectivity index (χ0v) is 12.5. The molecule has 3 N–H and O–H groups in total. The molecule has 0 aliphatic rings. The number of aromatic nitrogens is 2. The van der Waals surface area contributed by atoms with Gasteiger partial charge in [0.25, 0.3) is 5.91 Å². The smallest absolute Gasteiger partial charge is 0.274 e. The molecule has 3 rings (SSSR count). The number of nitrogen functional groups attached to an aromatic ring is 1. The monoisotopic (exact) mass is 342 g/mol. The number of carbonyl (C=O) groups excluding carboxylic acids is 1. The first kappa shape index (κ1) is 13.5. The third-order valence-corrected chi connectivity index (χ3v) is 3.62. The number of hydrogen-bond donors (Lipinski definition) is 2. The molecule has 0 atom stereocenters. The Morgan fingerprint density at radius 2 is 2.00 bits per heavy atom. The number of pyridine rings is 2. The maximum Gasteiger partial charge on any atom is 0.274 e. The van der Waals surface area contributed by atoms with E-state index in [4.69, 9.17) is 5.73 Å². The van der Waals surface area contributed by atoms with E-state index in [-0.39, 0.29) is 11.6 Å². The van der Waals surface area contributed by atoms with Gasteiger partial charge in [-0.3, -0.25) is 4.79 Å². The lowest BCUT2D eigenvalue weighted by molar-refractivity contribution is 0.102. The third-order valence-electron chi connectivity index (χ3n) is 2.99. The van der Waals surface area contributed by atoms with Gasteiger partial charge in [-0.1, -0.05) is 18.2 Å². The highest BCUT2D eigenvalue weighted by Gasteiger charge is 2.12. The molecule has 0 bridgehead atoms. The summed E-state index contributed by atoms with van der Waals surface area (Å²) >= 11 is 3.28. The van der Waals surface area contributed by atoms with Crippen LogP contribution in [0.1, 0.15) is 10.5 Å². The molecule has 0 fully saturated rings. The number of nitrogens with one attached hydrogen (secondary N) is 1. The Kier molecular flexibility index (Phi) is 3.53. The van der Waals surface area contributed by atoms with E-state index in [0.717, 1.165) is 5.39 Å². The first-order valence-corrected chi connectivity index (χ1v) is 7.01. The molecule has 0 aliphatic carbocycles. The molecule has 0 radical (unpaired) electrons. The number of rotatable bonds is 2. The fraction of sp³-hybridized carbons (Fsp3) is 0. The molecule has 3 aromatic rings. The summed E-state index contributed by atoms with van der Waals surface area (Å²) in [6.07, 6.45) is 1.63. The van der Waals surface area contributed by atoms with E-state index in [9.17, 15) is 4.79 Å². The minimum atomic E-state index is -0.332. The Hall–Kier alpha value is -2.47. The van der Waals surface area contributed by atoms with Crippen molar-refractivity contribution in [2.24, 2.45) is 0 Å². The Balaban J connectivity index is 1.97. The lowest BCUT2D eigenvalue weighted by Crippen LogP contribution is -2.14. The minimum absolute atomic E-state index is 0.266. The Morgan fingerprint density at radius 3 is 2.81 bits per heavy atom. The molecule has 0 saturated heterocycles. The van der Waals surface area contributed by atoms with Crippen molar-refractivity contribution >= 4 is 44.1 Å². The highest BCUT2D eigenvalue weighted by molar-refractivity contribution is 9.10. The van der Waals surface area contributed by atoms with Crippen molar-refractivity contribution in [3.8, 4) is 0 Å². The van der Waals surface area contributed by atoms with Gasteiger partial charge in [-0.25, -0.2) is 9.97 Å². The van der Waals surface area contributed by atoms with Crippen LogP contribution in [-0.4, -0.2) is 15.9 Å². The van der Waals surface area contributed by atoms with E-state index in [0.29, 0.717) is 21.5 Å². The average molecular weight is 343 g/mol. The van der Waals surface area contributed by atoms with Crippen molar-refractivity contribution in [2.45, 2.75) is 0 Å². The zero-order valence-electron chi connectivity index (χ0n) is 10.9. The third kappa shape index (κ3) is 2.71. The lowest BCUT2D eigenvalue weighted by atomic mass is 10.1. The maximum absolute atomic E-state index is 12.3. The van der Waals surface area contributed by atoms with E-state index in [1.807, 2.05) is 24.3 Å². The van der Waals surface area contributed by atoms with Crippen LogP contribution in [0, 0.1) is 0 Å². The number of hydrogen-bond acceptors (Lipinski definition) is 4. The predicted octanol–water partition coefficient (Wildman–Crippen LogP) is 3.23. The van der Waals surface area contributed by atoms with Gasteiger partial charge in [0.2, 0.25) is 0 Å². The SMILES string of the molecule is Nc1cc(C(=O)Nc2cccnc2Br)nc2ccccc12. The Bertz CT molecular complexity index is 835. The summed E-state index contributed by atoms with van der Waals surface area (Å²) in [7, 11) is 0. The van der Waals surface area contributed by atoms with E-state index < -0.39 is 0 Å². The van der Waals surface area contributed by atoms with Gasteiger partial charge in [0.05, 0.1) is 11.2 Å². The summed E-state index contributed by atoms with van der Waals surface area (Å²) < 4.78 is 0.562. The van der Waals surface area contributed by atoms with Crippen LogP contribution < -0.4 is 11.1 Å². The lowest BCUT2D eigenvalue weighted by Gasteiger charge is -2.08. The molecule has 0 aliphatic heterocycles. The quantitative estimate of drug-likeness (QED) is 0.700. The van der Waals surface area contributed by atoms with Gasteiger partial charge in [0.1, 0.15) is 10.3 Å². The largest absolute Gasteiger partial charge is 0.398 e. The van der Waals surface area contributed by atoms with Crippen LogP contribution in [0.3, 0.4) is 0 Å². The molecular weight excluding hydrogens is 332 g/mol. The second kappa shape index (κ2) is 5.49. The van der Waals surface area contributed by atoms with Crippen LogP contribution >= 0.6 is 15.9 Å². The molecule has 5 nitrogen and oxygen atoms in total. The van der Waals surface area contributed by atoms with Crippen LogP contribution in [0.15, 0.2) is 53.3 Å². The van der Waals surface area contributed by atoms with Crippen LogP contribution in [0.2, 0.25) is 0 Å². The number of anilines is 2. The number of nitrogens with zero attached hydrogens (tertiary/aromatic N) is 2. The minimum Gasteiger partial charge on any atom is -0.398 e. The summed E-state index contributed by atoms with van der Waals surface area (Å²) in [5.41, 5.74) is 8.03. The second-order valence-corrected chi connectivity index (χ2v) is 5.16. The van der Waals surface area contributed by atoms with Gasteiger partial charge in [0.15, 0.2) is 0 Å². The Morgan fingerprint density at radius 1 is 1.19 bits per heavy atom. The van der Waals surface area contributed by atoms with Crippen LogP contribution in [0.4, 0.5) is 11.4 Å². The summed E-state index contributed by atoms with van der Waals surface area (Å²) in [5, 5.41) is 3.58. The fourth-order valence-corrected chi connectivity index (χ4v) is 2.33. The van der Waals surface area contributed by atoms with Crippen molar-refractivity contribution in [3.63, 3.8) is 0 Å². The number of para-hydroxylation sites is 1. The molecule has 1 amide bonds. The average Bonchev–Trinajstić information content (AvgIpc) is 2.49. The highest BCUT2D eigenvalue weighted by atomic mass is 79.9. The van der Waals surface area contributed by atoms with E-state index in [1.165, 1.54) is 0 Å². The molecule has 104 valence electrons. The molecule has 0 saturated carbocycles. The molecule has 21 heavy (non-hydrogen) atoms.